The lowest BCUT2D eigenvalue weighted by molar-refractivity contribution is 1.12. The third-order valence-corrected chi connectivity index (χ3v) is 2.64. The van der Waals surface area contributed by atoms with Crippen LogP contribution in [0.5, 0.6) is 0 Å². The number of halogens is 2. The molecule has 0 fully saturated rings. The molecule has 3 nitrogen and oxygen atoms in total. The van der Waals surface area contributed by atoms with Crippen LogP contribution in [0.3, 0.4) is 0 Å². The highest BCUT2D eigenvalue weighted by atomic mass is 35.5. The van der Waals surface area contributed by atoms with Crippen LogP contribution in [-0.4, -0.2) is 9.97 Å². The molecule has 0 saturated heterocycles. The SMILES string of the molecule is Cc1cc(-c2cc(Cl)ccc2Cl)nc(N)n1. The molecule has 0 radical (unpaired) electrons. The van der Waals surface area contributed by atoms with Gasteiger partial charge in [0.1, 0.15) is 0 Å². The van der Waals surface area contributed by atoms with Crippen LogP contribution in [0.2, 0.25) is 10.0 Å². The molecule has 0 bridgehead atoms. The van der Waals surface area contributed by atoms with Crippen molar-refractivity contribution in [2.45, 2.75) is 6.92 Å². The number of rotatable bonds is 1. The van der Waals surface area contributed by atoms with Gasteiger partial charge in [0.15, 0.2) is 0 Å². The predicted molar refractivity (Wildman–Crippen MR) is 66.6 cm³/mol. The first-order valence-electron chi connectivity index (χ1n) is 4.63. The standard InChI is InChI=1S/C11H9Cl2N3/c1-6-4-10(16-11(14)15-6)8-5-7(12)2-3-9(8)13/h2-5H,1H3,(H2,14,15,16). The number of nitrogen functional groups attached to an aromatic ring is 1. The van der Waals surface area contributed by atoms with E-state index < -0.39 is 0 Å². The van der Waals surface area contributed by atoms with Crippen LogP contribution in [0.1, 0.15) is 5.69 Å². The van der Waals surface area contributed by atoms with Gasteiger partial charge in [-0.1, -0.05) is 23.2 Å². The molecule has 0 spiro atoms. The second kappa shape index (κ2) is 4.28. The Bertz CT molecular complexity index is 520. The van der Waals surface area contributed by atoms with Crippen molar-refractivity contribution in [2.24, 2.45) is 0 Å². The summed E-state index contributed by atoms with van der Waals surface area (Å²) in [7, 11) is 0. The molecule has 0 aliphatic rings. The highest BCUT2D eigenvalue weighted by Crippen LogP contribution is 2.29. The average Bonchev–Trinajstić information content (AvgIpc) is 2.20. The molecule has 1 aromatic carbocycles. The average molecular weight is 254 g/mol. The van der Waals surface area contributed by atoms with E-state index in [2.05, 4.69) is 9.97 Å². The molecule has 0 unspecified atom stereocenters. The highest BCUT2D eigenvalue weighted by Gasteiger charge is 2.07. The van der Waals surface area contributed by atoms with Gasteiger partial charge in [0, 0.05) is 16.3 Å². The van der Waals surface area contributed by atoms with E-state index in [4.69, 9.17) is 28.9 Å². The molecule has 2 N–H and O–H groups in total. The summed E-state index contributed by atoms with van der Waals surface area (Å²) >= 11 is 12.0. The van der Waals surface area contributed by atoms with Crippen LogP contribution < -0.4 is 5.73 Å². The molecule has 1 heterocycles. The Morgan fingerprint density at radius 3 is 2.56 bits per heavy atom. The molecule has 0 amide bonds. The molecular formula is C11H9Cl2N3. The Hall–Kier alpha value is -1.32. The van der Waals surface area contributed by atoms with Crippen LogP contribution >= 0.6 is 23.2 Å². The number of nitrogens with zero attached hydrogens (tertiary/aromatic N) is 2. The maximum Gasteiger partial charge on any atom is 0.220 e. The fourth-order valence-electron chi connectivity index (χ4n) is 1.42. The molecule has 2 aromatic rings. The Balaban J connectivity index is 2.62. The van der Waals surface area contributed by atoms with Gasteiger partial charge in [-0.05, 0) is 31.2 Å². The normalized spacial score (nSPS) is 10.4. The van der Waals surface area contributed by atoms with E-state index in [1.807, 2.05) is 13.0 Å². The van der Waals surface area contributed by atoms with Crippen molar-refractivity contribution >= 4 is 29.2 Å². The predicted octanol–water partition coefficient (Wildman–Crippen LogP) is 3.34. The van der Waals surface area contributed by atoms with Crippen molar-refractivity contribution in [3.63, 3.8) is 0 Å². The summed E-state index contributed by atoms with van der Waals surface area (Å²) in [5.74, 6) is 0.228. The first kappa shape index (κ1) is 11.2. The molecule has 0 saturated carbocycles. The molecule has 0 aliphatic carbocycles. The lowest BCUT2D eigenvalue weighted by Gasteiger charge is -2.05. The van der Waals surface area contributed by atoms with Gasteiger partial charge in [-0.25, -0.2) is 9.97 Å². The second-order valence-corrected chi connectivity index (χ2v) is 4.22. The summed E-state index contributed by atoms with van der Waals surface area (Å²) in [5.41, 5.74) is 7.81. The van der Waals surface area contributed by atoms with Gasteiger partial charge in [-0.15, -0.1) is 0 Å². The molecule has 16 heavy (non-hydrogen) atoms. The third kappa shape index (κ3) is 2.26. The van der Waals surface area contributed by atoms with E-state index in [1.54, 1.807) is 18.2 Å². The molecule has 0 aliphatic heterocycles. The number of benzene rings is 1. The first-order valence-corrected chi connectivity index (χ1v) is 5.38. The summed E-state index contributed by atoms with van der Waals surface area (Å²) in [6.07, 6.45) is 0. The number of hydrogen-bond donors (Lipinski definition) is 1. The van der Waals surface area contributed by atoms with Gasteiger partial charge in [0.2, 0.25) is 5.95 Å². The van der Waals surface area contributed by atoms with Gasteiger partial charge < -0.3 is 5.73 Å². The number of nitrogens with two attached hydrogens (primary N) is 1. The minimum absolute atomic E-state index is 0.228. The van der Waals surface area contributed by atoms with Gasteiger partial charge in [-0.3, -0.25) is 0 Å². The number of aromatic nitrogens is 2. The summed E-state index contributed by atoms with van der Waals surface area (Å²) in [5, 5.41) is 1.19. The van der Waals surface area contributed by atoms with Gasteiger partial charge in [0.25, 0.3) is 0 Å². The Morgan fingerprint density at radius 2 is 1.88 bits per heavy atom. The van der Waals surface area contributed by atoms with Gasteiger partial charge in [-0.2, -0.15) is 0 Å². The van der Waals surface area contributed by atoms with E-state index >= 15 is 0 Å². The van der Waals surface area contributed by atoms with E-state index in [-0.39, 0.29) is 5.95 Å². The monoisotopic (exact) mass is 253 g/mol. The van der Waals surface area contributed by atoms with E-state index in [0.29, 0.717) is 15.7 Å². The minimum Gasteiger partial charge on any atom is -0.368 e. The number of aryl methyl sites for hydroxylation is 1. The lowest BCUT2D eigenvalue weighted by Crippen LogP contribution is -1.98. The van der Waals surface area contributed by atoms with E-state index in [0.717, 1.165) is 11.3 Å². The molecule has 0 atom stereocenters. The van der Waals surface area contributed by atoms with Crippen molar-refractivity contribution in [1.82, 2.24) is 9.97 Å². The Labute approximate surface area is 103 Å². The lowest BCUT2D eigenvalue weighted by atomic mass is 10.1. The molecule has 5 heteroatoms. The van der Waals surface area contributed by atoms with Crippen molar-refractivity contribution in [3.8, 4) is 11.3 Å². The van der Waals surface area contributed by atoms with Crippen molar-refractivity contribution in [3.05, 3.63) is 40.0 Å². The Morgan fingerprint density at radius 1 is 1.12 bits per heavy atom. The molecule has 2 rings (SSSR count). The van der Waals surface area contributed by atoms with Crippen molar-refractivity contribution in [2.75, 3.05) is 5.73 Å². The third-order valence-electron chi connectivity index (χ3n) is 2.08. The summed E-state index contributed by atoms with van der Waals surface area (Å²) in [6, 6.07) is 7.02. The zero-order valence-corrected chi connectivity index (χ0v) is 10.0. The number of hydrogen-bond acceptors (Lipinski definition) is 3. The summed E-state index contributed by atoms with van der Waals surface area (Å²) in [4.78, 5) is 8.13. The number of anilines is 1. The van der Waals surface area contributed by atoms with Crippen LogP contribution in [-0.2, 0) is 0 Å². The smallest absolute Gasteiger partial charge is 0.220 e. The molecule has 1 aromatic heterocycles. The van der Waals surface area contributed by atoms with Gasteiger partial charge >= 0.3 is 0 Å². The fourth-order valence-corrected chi connectivity index (χ4v) is 1.81. The fraction of sp³-hybridized carbons (Fsp3) is 0.0909. The molecular weight excluding hydrogens is 245 g/mol. The zero-order chi connectivity index (χ0) is 11.7. The summed E-state index contributed by atoms with van der Waals surface area (Å²) < 4.78 is 0. The first-order chi connectivity index (χ1) is 7.56. The van der Waals surface area contributed by atoms with E-state index in [9.17, 15) is 0 Å². The quantitative estimate of drug-likeness (QED) is 0.849. The maximum atomic E-state index is 6.08. The van der Waals surface area contributed by atoms with Crippen LogP contribution in [0.15, 0.2) is 24.3 Å². The van der Waals surface area contributed by atoms with Crippen LogP contribution in [0.4, 0.5) is 5.95 Å². The maximum absolute atomic E-state index is 6.08. The van der Waals surface area contributed by atoms with Crippen molar-refractivity contribution < 1.29 is 0 Å². The molecule has 82 valence electrons. The van der Waals surface area contributed by atoms with Crippen molar-refractivity contribution in [1.29, 1.82) is 0 Å². The van der Waals surface area contributed by atoms with E-state index in [1.165, 1.54) is 0 Å². The second-order valence-electron chi connectivity index (χ2n) is 3.38. The highest BCUT2D eigenvalue weighted by molar-refractivity contribution is 6.35. The minimum atomic E-state index is 0.228. The van der Waals surface area contributed by atoms with Crippen LogP contribution in [0.25, 0.3) is 11.3 Å². The topological polar surface area (TPSA) is 51.8 Å². The van der Waals surface area contributed by atoms with Gasteiger partial charge in [0.05, 0.1) is 10.7 Å². The zero-order valence-electron chi connectivity index (χ0n) is 8.54. The summed E-state index contributed by atoms with van der Waals surface area (Å²) in [6.45, 7) is 1.85. The largest absolute Gasteiger partial charge is 0.368 e. The Kier molecular flexibility index (Phi) is 2.99. The van der Waals surface area contributed by atoms with Crippen LogP contribution in [0, 0.1) is 6.92 Å².